The van der Waals surface area contributed by atoms with E-state index >= 15 is 0 Å². The number of hydrogen-bond donors (Lipinski definition) is 0. The van der Waals surface area contributed by atoms with Crippen LogP contribution in [0, 0.1) is 13.8 Å². The SMILES string of the molecule is COc1cc(C)c(C)cc1C(=O)N1CCN(c2ccccn2)CC1. The third kappa shape index (κ3) is 3.20. The fourth-order valence-electron chi connectivity index (χ4n) is 2.98. The summed E-state index contributed by atoms with van der Waals surface area (Å²) in [7, 11) is 1.61. The quantitative estimate of drug-likeness (QED) is 0.870. The Kier molecular flexibility index (Phi) is 4.69. The number of benzene rings is 1. The van der Waals surface area contributed by atoms with Crippen LogP contribution < -0.4 is 9.64 Å². The van der Waals surface area contributed by atoms with Crippen LogP contribution in [0.2, 0.25) is 0 Å². The number of ether oxygens (including phenoxy) is 1. The van der Waals surface area contributed by atoms with E-state index in [2.05, 4.69) is 9.88 Å². The maximum atomic E-state index is 12.9. The standard InChI is InChI=1S/C19H23N3O2/c1-14-12-16(17(24-3)13-15(14)2)19(23)22-10-8-21(9-11-22)18-6-4-5-7-20-18/h4-7,12-13H,8-11H2,1-3H3. The van der Waals surface area contributed by atoms with Crippen LogP contribution in [-0.4, -0.2) is 49.1 Å². The number of hydrogen-bond acceptors (Lipinski definition) is 4. The van der Waals surface area contributed by atoms with Gasteiger partial charge >= 0.3 is 0 Å². The first-order valence-corrected chi connectivity index (χ1v) is 8.20. The fourth-order valence-corrected chi connectivity index (χ4v) is 2.98. The largest absolute Gasteiger partial charge is 0.496 e. The lowest BCUT2D eigenvalue weighted by atomic mass is 10.0. The van der Waals surface area contributed by atoms with Gasteiger partial charge in [0, 0.05) is 32.4 Å². The van der Waals surface area contributed by atoms with Gasteiger partial charge in [0.05, 0.1) is 12.7 Å². The number of methoxy groups -OCH3 is 1. The Morgan fingerprint density at radius 2 is 1.79 bits per heavy atom. The molecule has 1 aliphatic rings. The van der Waals surface area contributed by atoms with Gasteiger partial charge in [-0.15, -0.1) is 0 Å². The van der Waals surface area contributed by atoms with Crippen LogP contribution in [0.1, 0.15) is 21.5 Å². The van der Waals surface area contributed by atoms with E-state index in [4.69, 9.17) is 4.74 Å². The van der Waals surface area contributed by atoms with Crippen LogP contribution in [0.3, 0.4) is 0 Å². The normalized spacial score (nSPS) is 14.6. The first kappa shape index (κ1) is 16.3. The molecule has 2 heterocycles. The second-order valence-corrected chi connectivity index (χ2v) is 6.10. The lowest BCUT2D eigenvalue weighted by Gasteiger charge is -2.35. The van der Waals surface area contributed by atoms with E-state index in [-0.39, 0.29) is 5.91 Å². The van der Waals surface area contributed by atoms with E-state index in [1.807, 2.05) is 49.1 Å². The Hall–Kier alpha value is -2.56. The van der Waals surface area contributed by atoms with Gasteiger partial charge in [-0.2, -0.15) is 0 Å². The van der Waals surface area contributed by atoms with Gasteiger partial charge in [-0.25, -0.2) is 4.98 Å². The predicted octanol–water partition coefficient (Wildman–Crippen LogP) is 2.67. The summed E-state index contributed by atoms with van der Waals surface area (Å²) in [6.07, 6.45) is 1.80. The molecule has 3 rings (SSSR count). The van der Waals surface area contributed by atoms with Crippen molar-refractivity contribution in [2.75, 3.05) is 38.2 Å². The van der Waals surface area contributed by atoms with Gasteiger partial charge in [0.15, 0.2) is 0 Å². The number of anilines is 1. The van der Waals surface area contributed by atoms with Gasteiger partial charge in [-0.1, -0.05) is 6.07 Å². The highest BCUT2D eigenvalue weighted by molar-refractivity contribution is 5.97. The van der Waals surface area contributed by atoms with Crippen molar-refractivity contribution in [1.29, 1.82) is 0 Å². The summed E-state index contributed by atoms with van der Waals surface area (Å²) >= 11 is 0. The molecule has 0 saturated carbocycles. The Balaban J connectivity index is 1.73. The summed E-state index contributed by atoms with van der Waals surface area (Å²) in [5.41, 5.74) is 2.88. The molecule has 0 radical (unpaired) electrons. The van der Waals surface area contributed by atoms with Gasteiger partial charge < -0.3 is 14.5 Å². The fraction of sp³-hybridized carbons (Fsp3) is 0.368. The van der Waals surface area contributed by atoms with Crippen molar-refractivity contribution in [3.8, 4) is 5.75 Å². The molecule has 0 N–H and O–H groups in total. The van der Waals surface area contributed by atoms with Crippen molar-refractivity contribution in [1.82, 2.24) is 9.88 Å². The van der Waals surface area contributed by atoms with Crippen molar-refractivity contribution in [2.45, 2.75) is 13.8 Å². The van der Waals surface area contributed by atoms with Crippen molar-refractivity contribution in [3.63, 3.8) is 0 Å². The molecule has 2 aromatic rings. The van der Waals surface area contributed by atoms with Gasteiger partial charge in [0.2, 0.25) is 0 Å². The molecule has 5 nitrogen and oxygen atoms in total. The number of aromatic nitrogens is 1. The smallest absolute Gasteiger partial charge is 0.257 e. The van der Waals surface area contributed by atoms with Crippen LogP contribution in [-0.2, 0) is 0 Å². The summed E-state index contributed by atoms with van der Waals surface area (Å²) in [6.45, 7) is 6.99. The summed E-state index contributed by atoms with van der Waals surface area (Å²) in [5.74, 6) is 1.65. The van der Waals surface area contributed by atoms with Crippen molar-refractivity contribution >= 4 is 11.7 Å². The van der Waals surface area contributed by atoms with Crippen molar-refractivity contribution in [2.24, 2.45) is 0 Å². The average Bonchev–Trinajstić information content (AvgIpc) is 2.64. The number of rotatable bonds is 3. The number of carbonyl (C=O) groups is 1. The van der Waals surface area contributed by atoms with E-state index in [0.29, 0.717) is 24.4 Å². The third-order valence-corrected chi connectivity index (χ3v) is 4.59. The second kappa shape index (κ2) is 6.91. The molecular weight excluding hydrogens is 302 g/mol. The van der Waals surface area contributed by atoms with Crippen LogP contribution >= 0.6 is 0 Å². The topological polar surface area (TPSA) is 45.7 Å². The molecule has 24 heavy (non-hydrogen) atoms. The van der Waals surface area contributed by atoms with Gasteiger partial charge in [0.25, 0.3) is 5.91 Å². The van der Waals surface area contributed by atoms with E-state index in [0.717, 1.165) is 30.0 Å². The summed E-state index contributed by atoms with van der Waals surface area (Å²) in [5, 5.41) is 0. The Bertz CT molecular complexity index is 723. The molecule has 126 valence electrons. The second-order valence-electron chi connectivity index (χ2n) is 6.10. The zero-order chi connectivity index (χ0) is 17.1. The Morgan fingerprint density at radius 3 is 2.42 bits per heavy atom. The first-order chi connectivity index (χ1) is 11.6. The molecule has 1 amide bonds. The maximum absolute atomic E-state index is 12.9. The summed E-state index contributed by atoms with van der Waals surface area (Å²) < 4.78 is 5.42. The minimum atomic E-state index is 0.0376. The van der Waals surface area contributed by atoms with Gasteiger partial charge in [-0.05, 0) is 49.2 Å². The molecule has 5 heteroatoms. The van der Waals surface area contributed by atoms with Crippen LogP contribution in [0.5, 0.6) is 5.75 Å². The molecule has 1 aromatic carbocycles. The number of pyridine rings is 1. The lowest BCUT2D eigenvalue weighted by Crippen LogP contribution is -2.49. The number of piperazine rings is 1. The lowest BCUT2D eigenvalue weighted by molar-refractivity contribution is 0.0743. The zero-order valence-corrected chi connectivity index (χ0v) is 14.5. The molecule has 0 spiro atoms. The van der Waals surface area contributed by atoms with Crippen LogP contribution in [0.4, 0.5) is 5.82 Å². The summed E-state index contributed by atoms with van der Waals surface area (Å²) in [4.78, 5) is 21.4. The molecule has 0 unspecified atom stereocenters. The average molecular weight is 325 g/mol. The van der Waals surface area contributed by atoms with Crippen LogP contribution in [0.15, 0.2) is 36.5 Å². The molecule has 1 aromatic heterocycles. The monoisotopic (exact) mass is 325 g/mol. The zero-order valence-electron chi connectivity index (χ0n) is 14.5. The van der Waals surface area contributed by atoms with E-state index in [1.165, 1.54) is 0 Å². The number of aryl methyl sites for hydroxylation is 2. The number of carbonyl (C=O) groups excluding carboxylic acids is 1. The molecule has 1 saturated heterocycles. The van der Waals surface area contributed by atoms with E-state index < -0.39 is 0 Å². The minimum absolute atomic E-state index is 0.0376. The molecule has 0 atom stereocenters. The molecule has 0 bridgehead atoms. The van der Waals surface area contributed by atoms with Crippen molar-refractivity contribution < 1.29 is 9.53 Å². The van der Waals surface area contributed by atoms with Crippen LogP contribution in [0.25, 0.3) is 0 Å². The molecule has 1 aliphatic heterocycles. The van der Waals surface area contributed by atoms with E-state index in [9.17, 15) is 4.79 Å². The van der Waals surface area contributed by atoms with Crippen molar-refractivity contribution in [3.05, 3.63) is 53.2 Å². The molecule has 1 fully saturated rings. The predicted molar refractivity (Wildman–Crippen MR) is 94.8 cm³/mol. The van der Waals surface area contributed by atoms with E-state index in [1.54, 1.807) is 13.3 Å². The molecule has 0 aliphatic carbocycles. The highest BCUT2D eigenvalue weighted by Crippen LogP contribution is 2.25. The summed E-state index contributed by atoms with van der Waals surface area (Å²) in [6, 6.07) is 9.77. The highest BCUT2D eigenvalue weighted by atomic mass is 16.5. The minimum Gasteiger partial charge on any atom is -0.496 e. The molecular formula is C19H23N3O2. The number of amides is 1. The van der Waals surface area contributed by atoms with Gasteiger partial charge in [-0.3, -0.25) is 4.79 Å². The number of nitrogens with zero attached hydrogens (tertiary/aromatic N) is 3. The Morgan fingerprint density at radius 1 is 1.08 bits per heavy atom. The van der Waals surface area contributed by atoms with Gasteiger partial charge in [0.1, 0.15) is 11.6 Å². The highest BCUT2D eigenvalue weighted by Gasteiger charge is 2.25. The maximum Gasteiger partial charge on any atom is 0.257 e. The third-order valence-electron chi connectivity index (χ3n) is 4.59. The Labute approximate surface area is 142 Å². The first-order valence-electron chi connectivity index (χ1n) is 8.20.